The fourth-order valence-corrected chi connectivity index (χ4v) is 2.57. The maximum Gasteiger partial charge on any atom is 0.296 e. The summed E-state index contributed by atoms with van der Waals surface area (Å²) in [5, 5.41) is 17.3. The van der Waals surface area contributed by atoms with Crippen LogP contribution in [-0.4, -0.2) is 24.5 Å². The summed E-state index contributed by atoms with van der Waals surface area (Å²) in [4.78, 5) is 22.7. The van der Waals surface area contributed by atoms with Crippen LogP contribution < -0.4 is 15.4 Å². The van der Waals surface area contributed by atoms with Gasteiger partial charge in [0.15, 0.2) is 0 Å². The summed E-state index contributed by atoms with van der Waals surface area (Å²) in [6, 6.07) is 11.4. The summed E-state index contributed by atoms with van der Waals surface area (Å²) >= 11 is 6.12. The first-order valence-corrected chi connectivity index (χ1v) is 7.90. The molecule has 2 N–H and O–H groups in total. The van der Waals surface area contributed by atoms with Gasteiger partial charge >= 0.3 is 0 Å². The van der Waals surface area contributed by atoms with E-state index >= 15 is 0 Å². The van der Waals surface area contributed by atoms with Crippen LogP contribution in [0.5, 0.6) is 5.75 Å². The molecule has 8 heteroatoms. The van der Waals surface area contributed by atoms with Gasteiger partial charge in [-0.25, -0.2) is 0 Å². The minimum atomic E-state index is -0.571. The van der Waals surface area contributed by atoms with E-state index in [1.165, 1.54) is 19.2 Å². The van der Waals surface area contributed by atoms with E-state index in [2.05, 4.69) is 10.6 Å². The summed E-state index contributed by atoms with van der Waals surface area (Å²) in [6.45, 7) is 1.86. The van der Waals surface area contributed by atoms with Crippen molar-refractivity contribution in [2.45, 2.75) is 13.0 Å². The maximum atomic E-state index is 12.1. The zero-order chi connectivity index (χ0) is 18.4. The zero-order valence-electron chi connectivity index (χ0n) is 13.8. The topological polar surface area (TPSA) is 93.5 Å². The average Bonchev–Trinajstić information content (AvgIpc) is 2.60. The molecule has 7 nitrogen and oxygen atoms in total. The Kier molecular flexibility index (Phi) is 6.32. The quantitative estimate of drug-likeness (QED) is 0.579. The third-order valence-corrected chi connectivity index (χ3v) is 3.96. The lowest BCUT2D eigenvalue weighted by atomic mass is 10.1. The number of amides is 1. The molecule has 0 aliphatic carbocycles. The van der Waals surface area contributed by atoms with Gasteiger partial charge in [-0.05, 0) is 30.7 Å². The van der Waals surface area contributed by atoms with E-state index in [0.29, 0.717) is 10.8 Å². The van der Waals surface area contributed by atoms with E-state index in [1.807, 2.05) is 25.1 Å². The SMILES string of the molecule is COc1ccc(NC(=O)CN[C@H](C)c2ccccc2Cl)c([N+](=O)[O-])c1. The fourth-order valence-electron chi connectivity index (χ4n) is 2.27. The molecule has 0 spiro atoms. The molecular formula is C17H18ClN3O4. The van der Waals surface area contributed by atoms with Gasteiger partial charge in [-0.3, -0.25) is 14.9 Å². The Hall–Kier alpha value is -2.64. The normalized spacial score (nSPS) is 11.6. The second kappa shape index (κ2) is 8.46. The molecule has 2 aromatic carbocycles. The van der Waals surface area contributed by atoms with Crippen molar-refractivity contribution in [3.8, 4) is 5.75 Å². The van der Waals surface area contributed by atoms with Gasteiger partial charge in [-0.1, -0.05) is 29.8 Å². The summed E-state index contributed by atoms with van der Waals surface area (Å²) in [5.41, 5.74) is 0.752. The first kappa shape index (κ1) is 18.7. The number of nitrogens with zero attached hydrogens (tertiary/aromatic N) is 1. The Labute approximate surface area is 150 Å². The number of rotatable bonds is 7. The van der Waals surface area contributed by atoms with Crippen molar-refractivity contribution in [1.29, 1.82) is 0 Å². The smallest absolute Gasteiger partial charge is 0.296 e. The van der Waals surface area contributed by atoms with Crippen LogP contribution in [0.15, 0.2) is 42.5 Å². The first-order chi connectivity index (χ1) is 11.9. The molecule has 0 aliphatic heterocycles. The minimum absolute atomic E-state index is 0.0183. The fraction of sp³-hybridized carbons (Fsp3) is 0.235. The van der Waals surface area contributed by atoms with Crippen molar-refractivity contribution in [1.82, 2.24) is 5.32 Å². The van der Waals surface area contributed by atoms with Gasteiger partial charge in [-0.15, -0.1) is 0 Å². The number of carbonyl (C=O) groups is 1. The predicted molar refractivity (Wildman–Crippen MR) is 96.1 cm³/mol. The van der Waals surface area contributed by atoms with Crippen molar-refractivity contribution >= 4 is 28.9 Å². The summed E-state index contributed by atoms with van der Waals surface area (Å²) in [5.74, 6) is -0.0534. The van der Waals surface area contributed by atoms with Crippen LogP contribution in [0.4, 0.5) is 11.4 Å². The van der Waals surface area contributed by atoms with Crippen molar-refractivity contribution in [2.24, 2.45) is 0 Å². The Morgan fingerprint density at radius 2 is 2.04 bits per heavy atom. The second-order valence-corrected chi connectivity index (χ2v) is 5.72. The molecule has 0 heterocycles. The van der Waals surface area contributed by atoms with Crippen molar-refractivity contribution < 1.29 is 14.5 Å². The van der Waals surface area contributed by atoms with Crippen LogP contribution in [0, 0.1) is 10.1 Å². The molecule has 0 saturated heterocycles. The molecule has 2 rings (SSSR count). The molecular weight excluding hydrogens is 346 g/mol. The Morgan fingerprint density at radius 1 is 1.32 bits per heavy atom. The molecule has 0 aromatic heterocycles. The predicted octanol–water partition coefficient (Wildman–Crippen LogP) is 3.55. The molecule has 0 radical (unpaired) electrons. The summed E-state index contributed by atoms with van der Waals surface area (Å²) in [7, 11) is 1.41. The Bertz CT molecular complexity index is 782. The monoisotopic (exact) mass is 363 g/mol. The van der Waals surface area contributed by atoms with Crippen molar-refractivity contribution in [2.75, 3.05) is 19.0 Å². The number of ether oxygens (including phenoxy) is 1. The van der Waals surface area contributed by atoms with Crippen molar-refractivity contribution in [3.63, 3.8) is 0 Å². The highest BCUT2D eigenvalue weighted by atomic mass is 35.5. The molecule has 0 bridgehead atoms. The van der Waals surface area contributed by atoms with Gasteiger partial charge in [0.2, 0.25) is 5.91 Å². The highest BCUT2D eigenvalue weighted by Crippen LogP contribution is 2.29. The molecule has 25 heavy (non-hydrogen) atoms. The van der Waals surface area contributed by atoms with Crippen LogP contribution >= 0.6 is 11.6 Å². The number of halogens is 1. The lowest BCUT2D eigenvalue weighted by Gasteiger charge is -2.15. The Morgan fingerprint density at radius 3 is 2.68 bits per heavy atom. The third kappa shape index (κ3) is 4.91. The third-order valence-electron chi connectivity index (χ3n) is 3.62. The van der Waals surface area contributed by atoms with Gasteiger partial charge in [0.05, 0.1) is 24.6 Å². The summed E-state index contributed by atoms with van der Waals surface area (Å²) in [6.07, 6.45) is 0. The number of hydrogen-bond acceptors (Lipinski definition) is 5. The molecule has 0 aliphatic rings. The van der Waals surface area contributed by atoms with Crippen LogP contribution in [0.1, 0.15) is 18.5 Å². The number of nitro groups is 1. The largest absolute Gasteiger partial charge is 0.496 e. The Balaban J connectivity index is 2.01. The lowest BCUT2D eigenvalue weighted by molar-refractivity contribution is -0.384. The standard InChI is InChI=1S/C17H18ClN3O4/c1-11(13-5-3-4-6-14(13)18)19-10-17(22)20-15-8-7-12(25-2)9-16(15)21(23)24/h3-9,11,19H,10H2,1-2H3,(H,20,22)/t11-/m1/s1. The van der Waals surface area contributed by atoms with Gasteiger partial charge in [0.1, 0.15) is 11.4 Å². The van der Waals surface area contributed by atoms with E-state index < -0.39 is 10.8 Å². The van der Waals surface area contributed by atoms with E-state index in [1.54, 1.807) is 12.1 Å². The van der Waals surface area contributed by atoms with E-state index in [4.69, 9.17) is 16.3 Å². The van der Waals surface area contributed by atoms with Crippen LogP contribution in [0.2, 0.25) is 5.02 Å². The zero-order valence-corrected chi connectivity index (χ0v) is 14.5. The molecule has 1 atom stereocenters. The molecule has 0 saturated carbocycles. The van der Waals surface area contributed by atoms with Gasteiger partial charge < -0.3 is 15.4 Å². The number of methoxy groups -OCH3 is 1. The molecule has 2 aromatic rings. The highest BCUT2D eigenvalue weighted by Gasteiger charge is 2.18. The second-order valence-electron chi connectivity index (χ2n) is 5.31. The van der Waals surface area contributed by atoms with E-state index in [-0.39, 0.29) is 24.0 Å². The lowest BCUT2D eigenvalue weighted by Crippen LogP contribution is -2.30. The minimum Gasteiger partial charge on any atom is -0.496 e. The number of carbonyl (C=O) groups excluding carboxylic acids is 1. The van der Waals surface area contributed by atoms with Gasteiger partial charge in [0.25, 0.3) is 5.69 Å². The van der Waals surface area contributed by atoms with Crippen LogP contribution in [-0.2, 0) is 4.79 Å². The molecule has 132 valence electrons. The molecule has 0 fully saturated rings. The number of benzene rings is 2. The van der Waals surface area contributed by atoms with Crippen molar-refractivity contribution in [3.05, 3.63) is 63.2 Å². The van der Waals surface area contributed by atoms with Gasteiger partial charge in [0, 0.05) is 11.1 Å². The van der Waals surface area contributed by atoms with E-state index in [9.17, 15) is 14.9 Å². The summed E-state index contributed by atoms with van der Waals surface area (Å²) < 4.78 is 4.96. The molecule has 1 amide bonds. The first-order valence-electron chi connectivity index (χ1n) is 7.52. The number of hydrogen-bond donors (Lipinski definition) is 2. The maximum absolute atomic E-state index is 12.1. The van der Waals surface area contributed by atoms with Crippen LogP contribution in [0.3, 0.4) is 0 Å². The van der Waals surface area contributed by atoms with E-state index in [0.717, 1.165) is 5.56 Å². The highest BCUT2D eigenvalue weighted by molar-refractivity contribution is 6.31. The molecule has 0 unspecified atom stereocenters. The number of nitro benzene ring substituents is 1. The van der Waals surface area contributed by atoms with Crippen LogP contribution in [0.25, 0.3) is 0 Å². The number of anilines is 1. The average molecular weight is 364 g/mol. The van der Waals surface area contributed by atoms with Gasteiger partial charge in [-0.2, -0.15) is 0 Å². The number of nitrogens with one attached hydrogen (secondary N) is 2.